The monoisotopic (exact) mass is 300 g/mol. The number of benzene rings is 2. The molecule has 0 saturated heterocycles. The highest BCUT2D eigenvalue weighted by Crippen LogP contribution is 2.21. The van der Waals surface area contributed by atoms with Crippen LogP contribution in [0.25, 0.3) is 10.8 Å². The summed E-state index contributed by atoms with van der Waals surface area (Å²) in [5.41, 5.74) is 0.307. The minimum absolute atomic E-state index is 0.0154. The van der Waals surface area contributed by atoms with E-state index in [2.05, 4.69) is 4.74 Å². The molecule has 5 heteroatoms. The van der Waals surface area contributed by atoms with E-state index in [1.54, 1.807) is 30.3 Å². The number of rotatable bonds is 6. The number of Topliss-reactive ketones (excluding diaryl/α,β-unsaturated/α-hetero) is 2. The first-order valence-corrected chi connectivity index (χ1v) is 6.88. The second-order valence-electron chi connectivity index (χ2n) is 4.93. The second kappa shape index (κ2) is 6.85. The van der Waals surface area contributed by atoms with Gasteiger partial charge in [-0.25, -0.2) is 0 Å². The Morgan fingerprint density at radius 2 is 1.68 bits per heavy atom. The first kappa shape index (κ1) is 15.7. The van der Waals surface area contributed by atoms with Crippen LogP contribution in [0.1, 0.15) is 29.6 Å². The van der Waals surface area contributed by atoms with E-state index in [1.165, 1.54) is 13.2 Å². The van der Waals surface area contributed by atoms with Gasteiger partial charge in [0.25, 0.3) is 0 Å². The lowest BCUT2D eigenvalue weighted by atomic mass is 10.00. The van der Waals surface area contributed by atoms with Gasteiger partial charge >= 0.3 is 5.97 Å². The van der Waals surface area contributed by atoms with Gasteiger partial charge in [-0.1, -0.05) is 18.2 Å². The molecule has 0 aliphatic rings. The molecule has 1 N–H and O–H groups in total. The number of fused-ring (bicyclic) bond motifs is 1. The average Bonchev–Trinajstić information content (AvgIpc) is 2.53. The second-order valence-corrected chi connectivity index (χ2v) is 4.93. The molecule has 0 amide bonds. The fourth-order valence-electron chi connectivity index (χ4n) is 2.14. The minimum Gasteiger partial charge on any atom is -0.508 e. The fourth-order valence-corrected chi connectivity index (χ4v) is 2.14. The van der Waals surface area contributed by atoms with Crippen molar-refractivity contribution in [3.8, 4) is 5.75 Å². The van der Waals surface area contributed by atoms with Gasteiger partial charge in [0, 0.05) is 18.4 Å². The molecule has 114 valence electrons. The Kier molecular flexibility index (Phi) is 4.88. The summed E-state index contributed by atoms with van der Waals surface area (Å²) in [6.07, 6.45) is 0.423. The van der Waals surface area contributed by atoms with Gasteiger partial charge in [-0.2, -0.15) is 0 Å². The van der Waals surface area contributed by atoms with Crippen LogP contribution in [-0.2, 0) is 14.3 Å². The van der Waals surface area contributed by atoms with Gasteiger partial charge in [-0.05, 0) is 35.4 Å². The van der Waals surface area contributed by atoms with E-state index in [9.17, 15) is 19.5 Å². The molecule has 0 heterocycles. The topological polar surface area (TPSA) is 80.7 Å². The van der Waals surface area contributed by atoms with Crippen molar-refractivity contribution < 1.29 is 24.2 Å². The van der Waals surface area contributed by atoms with Gasteiger partial charge < -0.3 is 9.84 Å². The number of methoxy groups -OCH3 is 1. The van der Waals surface area contributed by atoms with Gasteiger partial charge in [0.05, 0.1) is 7.11 Å². The van der Waals surface area contributed by atoms with E-state index in [-0.39, 0.29) is 18.6 Å². The highest BCUT2D eigenvalue weighted by Gasteiger charge is 2.16. The lowest BCUT2D eigenvalue weighted by molar-refractivity contribution is -0.140. The van der Waals surface area contributed by atoms with Crippen LogP contribution in [0.4, 0.5) is 0 Å². The molecule has 2 rings (SSSR count). The Bertz CT molecular complexity index is 733. The number of aromatic hydroxyl groups is 1. The van der Waals surface area contributed by atoms with Gasteiger partial charge in [0.15, 0.2) is 0 Å². The summed E-state index contributed by atoms with van der Waals surface area (Å²) in [4.78, 5) is 34.9. The number of hydrogen-bond donors (Lipinski definition) is 1. The van der Waals surface area contributed by atoms with Crippen molar-refractivity contribution >= 4 is 28.3 Å². The Hall–Kier alpha value is -2.69. The highest BCUT2D eigenvalue weighted by molar-refractivity contribution is 6.43. The molecular formula is C17H16O5. The van der Waals surface area contributed by atoms with E-state index < -0.39 is 17.5 Å². The van der Waals surface area contributed by atoms with Crippen LogP contribution in [0.3, 0.4) is 0 Å². The lowest BCUT2D eigenvalue weighted by Crippen LogP contribution is -2.14. The molecule has 0 spiro atoms. The molecule has 0 fully saturated rings. The molecule has 2 aromatic carbocycles. The van der Waals surface area contributed by atoms with E-state index in [1.807, 2.05) is 0 Å². The van der Waals surface area contributed by atoms with Crippen LogP contribution in [0.15, 0.2) is 36.4 Å². The maximum absolute atomic E-state index is 12.1. The van der Waals surface area contributed by atoms with E-state index >= 15 is 0 Å². The molecule has 0 radical (unpaired) electrons. The Morgan fingerprint density at radius 1 is 1.00 bits per heavy atom. The predicted molar refractivity (Wildman–Crippen MR) is 80.8 cm³/mol. The number of phenolic OH excluding ortho intramolecular Hbond substituents is 1. The molecular weight excluding hydrogens is 284 g/mol. The number of phenols is 1. The first-order valence-electron chi connectivity index (χ1n) is 6.88. The summed E-state index contributed by atoms with van der Waals surface area (Å²) in [7, 11) is 1.28. The largest absolute Gasteiger partial charge is 0.508 e. The van der Waals surface area contributed by atoms with Gasteiger partial charge in [0.1, 0.15) is 5.75 Å². The summed E-state index contributed by atoms with van der Waals surface area (Å²) in [6.45, 7) is 0. The van der Waals surface area contributed by atoms with Crippen molar-refractivity contribution in [3.05, 3.63) is 42.0 Å². The SMILES string of the molecule is COC(=O)CCCC(=O)C(=O)c1ccc2cc(O)ccc2c1. The average molecular weight is 300 g/mol. The summed E-state index contributed by atoms with van der Waals surface area (Å²) < 4.78 is 4.48. The zero-order valence-electron chi connectivity index (χ0n) is 12.2. The molecule has 0 saturated carbocycles. The van der Waals surface area contributed by atoms with Gasteiger partial charge in [-0.3, -0.25) is 14.4 Å². The Morgan fingerprint density at radius 3 is 2.41 bits per heavy atom. The van der Waals surface area contributed by atoms with Crippen molar-refractivity contribution in [2.45, 2.75) is 19.3 Å². The maximum atomic E-state index is 12.1. The van der Waals surface area contributed by atoms with Gasteiger partial charge in [-0.15, -0.1) is 0 Å². The molecule has 0 atom stereocenters. The van der Waals surface area contributed by atoms with E-state index in [0.29, 0.717) is 12.0 Å². The number of ether oxygens (including phenoxy) is 1. The number of hydrogen-bond acceptors (Lipinski definition) is 5. The zero-order chi connectivity index (χ0) is 16.1. The minimum atomic E-state index is -0.570. The Balaban J connectivity index is 2.07. The highest BCUT2D eigenvalue weighted by atomic mass is 16.5. The predicted octanol–water partition coefficient (Wildman–Crippen LogP) is 2.64. The third-order valence-corrected chi connectivity index (χ3v) is 3.35. The smallest absolute Gasteiger partial charge is 0.305 e. The van der Waals surface area contributed by atoms with Crippen LogP contribution >= 0.6 is 0 Å². The van der Waals surface area contributed by atoms with Gasteiger partial charge in [0.2, 0.25) is 11.6 Å². The quantitative estimate of drug-likeness (QED) is 0.504. The third-order valence-electron chi connectivity index (χ3n) is 3.35. The molecule has 0 bridgehead atoms. The third kappa shape index (κ3) is 3.69. The maximum Gasteiger partial charge on any atom is 0.305 e. The van der Waals surface area contributed by atoms with Crippen LogP contribution < -0.4 is 0 Å². The molecule has 5 nitrogen and oxygen atoms in total. The molecule has 0 aromatic heterocycles. The summed E-state index contributed by atoms with van der Waals surface area (Å²) >= 11 is 0. The lowest BCUT2D eigenvalue weighted by Gasteiger charge is -2.04. The molecule has 0 unspecified atom stereocenters. The normalized spacial score (nSPS) is 10.4. The summed E-state index contributed by atoms with van der Waals surface area (Å²) in [5.74, 6) is -1.35. The van der Waals surface area contributed by atoms with Crippen LogP contribution in [0, 0.1) is 0 Å². The van der Waals surface area contributed by atoms with E-state index in [0.717, 1.165) is 10.8 Å². The van der Waals surface area contributed by atoms with Crippen LogP contribution in [-0.4, -0.2) is 29.8 Å². The van der Waals surface area contributed by atoms with Crippen molar-refractivity contribution in [1.82, 2.24) is 0 Å². The molecule has 22 heavy (non-hydrogen) atoms. The fraction of sp³-hybridized carbons (Fsp3) is 0.235. The standard InChI is InChI=1S/C17H16O5/c1-22-16(20)4-2-3-15(19)17(21)13-6-5-12-10-14(18)8-7-11(12)9-13/h5-10,18H,2-4H2,1H3. The number of esters is 1. The van der Waals surface area contributed by atoms with Crippen molar-refractivity contribution in [3.63, 3.8) is 0 Å². The number of ketones is 2. The van der Waals surface area contributed by atoms with Crippen molar-refractivity contribution in [1.29, 1.82) is 0 Å². The summed E-state index contributed by atoms with van der Waals surface area (Å²) in [6, 6.07) is 9.65. The zero-order valence-corrected chi connectivity index (χ0v) is 12.2. The molecule has 2 aromatic rings. The first-order chi connectivity index (χ1) is 10.5. The van der Waals surface area contributed by atoms with Crippen LogP contribution in [0.2, 0.25) is 0 Å². The molecule has 0 aliphatic heterocycles. The number of carbonyl (C=O) groups excluding carboxylic acids is 3. The molecule has 0 aliphatic carbocycles. The van der Waals surface area contributed by atoms with Crippen molar-refractivity contribution in [2.75, 3.05) is 7.11 Å². The number of carbonyl (C=O) groups is 3. The van der Waals surface area contributed by atoms with Crippen molar-refractivity contribution in [2.24, 2.45) is 0 Å². The van der Waals surface area contributed by atoms with Crippen LogP contribution in [0.5, 0.6) is 5.75 Å². The summed E-state index contributed by atoms with van der Waals surface area (Å²) in [5, 5.41) is 11.0. The Labute approximate surface area is 127 Å². The van der Waals surface area contributed by atoms with E-state index in [4.69, 9.17) is 0 Å².